The van der Waals surface area contributed by atoms with Gasteiger partial charge in [-0.25, -0.2) is 0 Å². The predicted molar refractivity (Wildman–Crippen MR) is 67.6 cm³/mol. The van der Waals surface area contributed by atoms with Gasteiger partial charge in [-0.1, -0.05) is 32.0 Å². The second-order valence-electron chi connectivity index (χ2n) is 5.44. The maximum atomic E-state index is 9.33. The molecule has 0 amide bonds. The summed E-state index contributed by atoms with van der Waals surface area (Å²) < 4.78 is 0. The lowest BCUT2D eigenvalue weighted by atomic mass is 9.82. The van der Waals surface area contributed by atoms with E-state index < -0.39 is 0 Å². The van der Waals surface area contributed by atoms with Gasteiger partial charge in [0.05, 0.1) is 6.61 Å². The van der Waals surface area contributed by atoms with Gasteiger partial charge in [-0.3, -0.25) is 0 Å². The molecule has 16 heavy (non-hydrogen) atoms. The Bertz CT molecular complexity index is 350. The zero-order chi connectivity index (χ0) is 11.6. The molecule has 1 aromatic rings. The first-order valence-corrected chi connectivity index (χ1v) is 6.06. The molecule has 1 aliphatic heterocycles. The molecule has 0 aromatic heterocycles. The van der Waals surface area contributed by atoms with E-state index >= 15 is 0 Å². The summed E-state index contributed by atoms with van der Waals surface area (Å²) in [6.07, 6.45) is 2.46. The molecule has 2 rings (SSSR count). The van der Waals surface area contributed by atoms with Crippen LogP contribution in [-0.4, -0.2) is 18.2 Å². The van der Waals surface area contributed by atoms with Crippen molar-refractivity contribution in [3.63, 3.8) is 0 Å². The van der Waals surface area contributed by atoms with Gasteiger partial charge < -0.3 is 10.0 Å². The molecule has 88 valence electrons. The van der Waals surface area contributed by atoms with Crippen molar-refractivity contribution in [2.45, 2.75) is 33.3 Å². The van der Waals surface area contributed by atoms with Crippen molar-refractivity contribution < 1.29 is 5.11 Å². The minimum atomic E-state index is 0.135. The first kappa shape index (κ1) is 11.5. The Balaban J connectivity index is 2.14. The SMILES string of the molecule is CC1(C)CCN(c2ccccc2CO)CC1. The Morgan fingerprint density at radius 2 is 1.81 bits per heavy atom. The molecule has 0 radical (unpaired) electrons. The Morgan fingerprint density at radius 3 is 2.44 bits per heavy atom. The van der Waals surface area contributed by atoms with Gasteiger partial charge in [-0.15, -0.1) is 0 Å². The molecule has 1 fully saturated rings. The van der Waals surface area contributed by atoms with Crippen LogP contribution in [-0.2, 0) is 6.61 Å². The first-order valence-electron chi connectivity index (χ1n) is 6.06. The fraction of sp³-hybridized carbons (Fsp3) is 0.571. The lowest BCUT2D eigenvalue weighted by molar-refractivity contribution is 0.273. The van der Waals surface area contributed by atoms with E-state index in [2.05, 4.69) is 24.8 Å². The highest BCUT2D eigenvalue weighted by Crippen LogP contribution is 2.33. The summed E-state index contributed by atoms with van der Waals surface area (Å²) in [6, 6.07) is 8.16. The standard InChI is InChI=1S/C14H21NO/c1-14(2)7-9-15(10-8-14)13-6-4-3-5-12(13)11-16/h3-6,16H,7-11H2,1-2H3. The summed E-state index contributed by atoms with van der Waals surface area (Å²) in [7, 11) is 0. The Morgan fingerprint density at radius 1 is 1.19 bits per heavy atom. The van der Waals surface area contributed by atoms with Crippen molar-refractivity contribution in [1.29, 1.82) is 0 Å². The highest BCUT2D eigenvalue weighted by atomic mass is 16.3. The van der Waals surface area contributed by atoms with Crippen LogP contribution in [0.1, 0.15) is 32.3 Å². The maximum Gasteiger partial charge on any atom is 0.0702 e. The average Bonchev–Trinajstić information content (AvgIpc) is 2.29. The fourth-order valence-corrected chi connectivity index (χ4v) is 2.31. The van der Waals surface area contributed by atoms with Gasteiger partial charge in [0.25, 0.3) is 0 Å². The monoisotopic (exact) mass is 219 g/mol. The van der Waals surface area contributed by atoms with Crippen molar-refractivity contribution in [1.82, 2.24) is 0 Å². The minimum absolute atomic E-state index is 0.135. The lowest BCUT2D eigenvalue weighted by Crippen LogP contribution is -2.37. The third-order valence-electron chi connectivity index (χ3n) is 3.62. The number of para-hydroxylation sites is 1. The van der Waals surface area contributed by atoms with Crippen molar-refractivity contribution in [3.05, 3.63) is 29.8 Å². The van der Waals surface area contributed by atoms with Gasteiger partial charge in [-0.05, 0) is 24.3 Å². The second-order valence-corrected chi connectivity index (χ2v) is 5.44. The van der Waals surface area contributed by atoms with Crippen LogP contribution in [0.3, 0.4) is 0 Å². The third kappa shape index (κ3) is 2.38. The fourth-order valence-electron chi connectivity index (χ4n) is 2.31. The van der Waals surface area contributed by atoms with Gasteiger partial charge in [-0.2, -0.15) is 0 Å². The first-order chi connectivity index (χ1) is 7.62. The van der Waals surface area contributed by atoms with E-state index in [4.69, 9.17) is 0 Å². The lowest BCUT2D eigenvalue weighted by Gasteiger charge is -2.38. The smallest absolute Gasteiger partial charge is 0.0702 e. The normalized spacial score (nSPS) is 19.8. The van der Waals surface area contributed by atoms with E-state index in [1.165, 1.54) is 18.5 Å². The Hall–Kier alpha value is -1.02. The van der Waals surface area contributed by atoms with Crippen LogP contribution in [0, 0.1) is 5.41 Å². The summed E-state index contributed by atoms with van der Waals surface area (Å²) in [5.74, 6) is 0. The topological polar surface area (TPSA) is 23.5 Å². The van der Waals surface area contributed by atoms with Crippen molar-refractivity contribution in [2.24, 2.45) is 5.41 Å². The molecule has 1 saturated heterocycles. The molecule has 0 atom stereocenters. The summed E-state index contributed by atoms with van der Waals surface area (Å²) >= 11 is 0. The highest BCUT2D eigenvalue weighted by Gasteiger charge is 2.26. The number of rotatable bonds is 2. The molecule has 1 N–H and O–H groups in total. The second kappa shape index (κ2) is 4.46. The van der Waals surface area contributed by atoms with Crippen LogP contribution in [0.2, 0.25) is 0 Å². The number of benzene rings is 1. The molecule has 1 aliphatic rings. The summed E-state index contributed by atoms with van der Waals surface area (Å²) in [4.78, 5) is 2.40. The summed E-state index contributed by atoms with van der Waals surface area (Å²) in [6.45, 7) is 7.01. The quantitative estimate of drug-likeness (QED) is 0.826. The minimum Gasteiger partial charge on any atom is -0.392 e. The molecule has 1 heterocycles. The number of aliphatic hydroxyl groups excluding tert-OH is 1. The molecule has 0 spiro atoms. The molecular weight excluding hydrogens is 198 g/mol. The molecule has 0 saturated carbocycles. The van der Waals surface area contributed by atoms with E-state index in [9.17, 15) is 5.11 Å². The molecule has 0 bridgehead atoms. The third-order valence-corrected chi connectivity index (χ3v) is 3.62. The Kier molecular flexibility index (Phi) is 3.20. The van der Waals surface area contributed by atoms with E-state index in [0.29, 0.717) is 5.41 Å². The number of hydrogen-bond donors (Lipinski definition) is 1. The Labute approximate surface area is 97.9 Å². The van der Waals surface area contributed by atoms with Gasteiger partial charge in [0.15, 0.2) is 0 Å². The number of nitrogens with zero attached hydrogens (tertiary/aromatic N) is 1. The largest absolute Gasteiger partial charge is 0.392 e. The molecular formula is C14H21NO. The predicted octanol–water partition coefficient (Wildman–Crippen LogP) is 2.81. The maximum absolute atomic E-state index is 9.33. The number of aliphatic hydroxyl groups is 1. The number of piperidine rings is 1. The molecule has 2 heteroatoms. The van der Waals surface area contributed by atoms with Crippen LogP contribution < -0.4 is 4.90 Å². The van der Waals surface area contributed by atoms with Crippen molar-refractivity contribution >= 4 is 5.69 Å². The average molecular weight is 219 g/mol. The van der Waals surface area contributed by atoms with Gasteiger partial charge >= 0.3 is 0 Å². The van der Waals surface area contributed by atoms with E-state index in [0.717, 1.165) is 18.7 Å². The zero-order valence-corrected chi connectivity index (χ0v) is 10.2. The van der Waals surface area contributed by atoms with Crippen LogP contribution in [0.5, 0.6) is 0 Å². The van der Waals surface area contributed by atoms with Crippen molar-refractivity contribution in [3.8, 4) is 0 Å². The van der Waals surface area contributed by atoms with Gasteiger partial charge in [0, 0.05) is 24.3 Å². The summed E-state index contributed by atoms with van der Waals surface area (Å²) in [5, 5.41) is 9.33. The van der Waals surface area contributed by atoms with E-state index in [1.54, 1.807) is 0 Å². The molecule has 2 nitrogen and oxygen atoms in total. The number of anilines is 1. The van der Waals surface area contributed by atoms with Crippen molar-refractivity contribution in [2.75, 3.05) is 18.0 Å². The van der Waals surface area contributed by atoms with Crippen LogP contribution in [0.4, 0.5) is 5.69 Å². The number of hydrogen-bond acceptors (Lipinski definition) is 2. The van der Waals surface area contributed by atoms with Crippen LogP contribution >= 0.6 is 0 Å². The van der Waals surface area contributed by atoms with Crippen LogP contribution in [0.15, 0.2) is 24.3 Å². The van der Waals surface area contributed by atoms with Gasteiger partial charge in [0.2, 0.25) is 0 Å². The highest BCUT2D eigenvalue weighted by molar-refractivity contribution is 5.53. The molecule has 0 unspecified atom stereocenters. The molecule has 1 aromatic carbocycles. The van der Waals surface area contributed by atoms with Gasteiger partial charge in [0.1, 0.15) is 0 Å². The summed E-state index contributed by atoms with van der Waals surface area (Å²) in [5.41, 5.74) is 2.73. The van der Waals surface area contributed by atoms with E-state index in [-0.39, 0.29) is 6.61 Å². The van der Waals surface area contributed by atoms with E-state index in [1.807, 2.05) is 18.2 Å². The molecule has 0 aliphatic carbocycles. The van der Waals surface area contributed by atoms with Crippen LogP contribution in [0.25, 0.3) is 0 Å². The zero-order valence-electron chi connectivity index (χ0n) is 10.2.